The minimum atomic E-state index is -0.655. The fraction of sp³-hybridized carbons (Fsp3) is 0.464. The van der Waals surface area contributed by atoms with Gasteiger partial charge in [-0.05, 0) is 55.5 Å². The van der Waals surface area contributed by atoms with E-state index in [9.17, 15) is 19.2 Å². The third-order valence-corrected chi connectivity index (χ3v) is 7.95. The van der Waals surface area contributed by atoms with Crippen molar-refractivity contribution >= 4 is 29.4 Å². The summed E-state index contributed by atoms with van der Waals surface area (Å²) in [5.41, 5.74) is 1.82. The van der Waals surface area contributed by atoms with Crippen LogP contribution in [-0.2, 0) is 16.1 Å². The SMILES string of the molecule is CN1CCOc2cc(C(=O)N3CCCC[C@@H]3COc3ccc4c(c3)CN(C3CCC(=O)NC3=O)C4=O)cnc21. The normalized spacial score (nSPS) is 22.7. The minimum absolute atomic E-state index is 0.0881. The van der Waals surface area contributed by atoms with Crippen molar-refractivity contribution in [2.24, 2.45) is 0 Å². The van der Waals surface area contributed by atoms with Gasteiger partial charge >= 0.3 is 0 Å². The van der Waals surface area contributed by atoms with E-state index < -0.39 is 11.9 Å². The number of fused-ring (bicyclic) bond motifs is 2. The first-order valence-corrected chi connectivity index (χ1v) is 13.4. The zero-order valence-electron chi connectivity index (χ0n) is 21.9. The Hall–Kier alpha value is -4.15. The van der Waals surface area contributed by atoms with Crippen LogP contribution in [0.3, 0.4) is 0 Å². The number of aromatic nitrogens is 1. The number of hydrogen-bond acceptors (Lipinski definition) is 8. The Bertz CT molecular complexity index is 1350. The van der Waals surface area contributed by atoms with E-state index in [4.69, 9.17) is 9.47 Å². The first kappa shape index (κ1) is 25.1. The Morgan fingerprint density at radius 1 is 1.15 bits per heavy atom. The number of piperidine rings is 2. The van der Waals surface area contributed by atoms with Crippen LogP contribution in [0.1, 0.15) is 58.4 Å². The monoisotopic (exact) mass is 533 g/mol. The summed E-state index contributed by atoms with van der Waals surface area (Å²) >= 11 is 0. The number of likely N-dealkylation sites (N-methyl/N-ethyl adjacent to an activating group) is 1. The molecule has 2 fully saturated rings. The van der Waals surface area contributed by atoms with Gasteiger partial charge < -0.3 is 24.2 Å². The van der Waals surface area contributed by atoms with Crippen molar-refractivity contribution in [2.45, 2.75) is 50.7 Å². The van der Waals surface area contributed by atoms with E-state index >= 15 is 0 Å². The molecule has 1 aromatic heterocycles. The van der Waals surface area contributed by atoms with Gasteiger partial charge in [0.15, 0.2) is 11.6 Å². The van der Waals surface area contributed by atoms with Crippen LogP contribution < -0.4 is 19.7 Å². The number of amides is 4. The standard InChI is InChI=1S/C28H31N5O6/c1-31-10-11-38-23-13-17(14-29-25(23)31)27(36)32-9-3-2-4-19(32)16-39-20-5-6-21-18(12-20)15-33(28(21)37)22-7-8-24(34)30-26(22)35/h5-6,12-14,19,22H,2-4,7-11,15-16H2,1H3,(H,30,34,35)/t19-,22?/m1/s1. The fourth-order valence-electron chi connectivity index (χ4n) is 5.79. The molecule has 4 aliphatic heterocycles. The molecule has 39 heavy (non-hydrogen) atoms. The van der Waals surface area contributed by atoms with Gasteiger partial charge in [-0.1, -0.05) is 0 Å². The van der Waals surface area contributed by atoms with Crippen LogP contribution in [0.4, 0.5) is 5.82 Å². The van der Waals surface area contributed by atoms with Crippen molar-refractivity contribution in [1.29, 1.82) is 0 Å². The van der Waals surface area contributed by atoms with E-state index in [0.717, 1.165) is 37.2 Å². The maximum Gasteiger partial charge on any atom is 0.255 e. The van der Waals surface area contributed by atoms with Crippen LogP contribution in [0, 0.1) is 0 Å². The lowest BCUT2D eigenvalue weighted by atomic mass is 10.0. The van der Waals surface area contributed by atoms with Crippen LogP contribution >= 0.6 is 0 Å². The molecule has 0 aliphatic carbocycles. The number of imide groups is 1. The molecule has 1 unspecified atom stereocenters. The number of nitrogens with one attached hydrogen (secondary N) is 1. The molecular formula is C28H31N5O6. The van der Waals surface area contributed by atoms with E-state index in [-0.39, 0.29) is 36.7 Å². The van der Waals surface area contributed by atoms with Gasteiger partial charge in [0, 0.05) is 38.3 Å². The van der Waals surface area contributed by atoms with Crippen LogP contribution in [-0.4, -0.2) is 83.8 Å². The van der Waals surface area contributed by atoms with Gasteiger partial charge in [0.05, 0.1) is 18.2 Å². The van der Waals surface area contributed by atoms with Crippen molar-refractivity contribution in [3.8, 4) is 11.5 Å². The number of ether oxygens (including phenoxy) is 2. The molecule has 2 aromatic rings. The molecule has 4 amide bonds. The summed E-state index contributed by atoms with van der Waals surface area (Å²) in [5, 5.41) is 2.32. The van der Waals surface area contributed by atoms with E-state index in [1.165, 1.54) is 4.90 Å². The smallest absolute Gasteiger partial charge is 0.255 e. The molecule has 0 saturated carbocycles. The topological polar surface area (TPSA) is 121 Å². The van der Waals surface area contributed by atoms with E-state index in [1.807, 2.05) is 22.9 Å². The summed E-state index contributed by atoms with van der Waals surface area (Å²) in [6.07, 6.45) is 4.92. The molecule has 0 bridgehead atoms. The molecule has 2 atom stereocenters. The summed E-state index contributed by atoms with van der Waals surface area (Å²) in [6.45, 7) is 2.57. The summed E-state index contributed by atoms with van der Waals surface area (Å²) in [7, 11) is 1.95. The number of carbonyl (C=O) groups is 4. The van der Waals surface area contributed by atoms with Gasteiger partial charge in [0.25, 0.3) is 11.8 Å². The quantitative estimate of drug-likeness (QED) is 0.577. The third-order valence-electron chi connectivity index (χ3n) is 7.95. The highest BCUT2D eigenvalue weighted by molar-refractivity contribution is 6.05. The van der Waals surface area contributed by atoms with Crippen LogP contribution in [0.25, 0.3) is 0 Å². The summed E-state index contributed by atoms with van der Waals surface area (Å²) in [6, 6.07) is 6.33. The van der Waals surface area contributed by atoms with Gasteiger partial charge in [0.1, 0.15) is 25.0 Å². The highest BCUT2D eigenvalue weighted by Gasteiger charge is 2.39. The van der Waals surface area contributed by atoms with Crippen molar-refractivity contribution in [3.63, 3.8) is 0 Å². The Morgan fingerprint density at radius 3 is 2.87 bits per heavy atom. The lowest BCUT2D eigenvalue weighted by Gasteiger charge is -2.36. The first-order valence-electron chi connectivity index (χ1n) is 13.4. The van der Waals surface area contributed by atoms with Crippen LogP contribution in [0.2, 0.25) is 0 Å². The molecule has 204 valence electrons. The number of nitrogens with zero attached hydrogens (tertiary/aromatic N) is 4. The number of rotatable bonds is 5. The maximum absolute atomic E-state index is 13.5. The molecule has 5 heterocycles. The van der Waals surface area contributed by atoms with E-state index in [1.54, 1.807) is 24.4 Å². The van der Waals surface area contributed by atoms with Crippen molar-refractivity contribution in [2.75, 3.05) is 38.3 Å². The van der Waals surface area contributed by atoms with Gasteiger partial charge in [-0.2, -0.15) is 0 Å². The molecule has 0 radical (unpaired) electrons. The Morgan fingerprint density at radius 2 is 2.03 bits per heavy atom. The molecule has 6 rings (SSSR count). The van der Waals surface area contributed by atoms with Gasteiger partial charge in [-0.25, -0.2) is 4.98 Å². The Labute approximate surface area is 226 Å². The molecule has 2 saturated heterocycles. The first-order chi connectivity index (χ1) is 18.9. The molecule has 1 N–H and O–H groups in total. The molecule has 4 aliphatic rings. The molecule has 11 nitrogen and oxygen atoms in total. The van der Waals surface area contributed by atoms with Crippen molar-refractivity contribution in [1.82, 2.24) is 20.1 Å². The summed E-state index contributed by atoms with van der Waals surface area (Å²) in [5.74, 6) is 0.921. The zero-order chi connectivity index (χ0) is 27.1. The van der Waals surface area contributed by atoms with Crippen LogP contribution in [0.5, 0.6) is 11.5 Å². The largest absolute Gasteiger partial charge is 0.491 e. The average molecular weight is 534 g/mol. The second-order valence-electron chi connectivity index (χ2n) is 10.5. The number of anilines is 1. The second kappa shape index (κ2) is 10.2. The number of benzene rings is 1. The molecule has 11 heteroatoms. The molecule has 1 aromatic carbocycles. The summed E-state index contributed by atoms with van der Waals surface area (Å²) in [4.78, 5) is 60.1. The van der Waals surface area contributed by atoms with Crippen LogP contribution in [0.15, 0.2) is 30.5 Å². The van der Waals surface area contributed by atoms with Crippen molar-refractivity contribution in [3.05, 3.63) is 47.2 Å². The predicted molar refractivity (Wildman–Crippen MR) is 140 cm³/mol. The predicted octanol–water partition coefficient (Wildman–Crippen LogP) is 1.74. The van der Waals surface area contributed by atoms with Crippen molar-refractivity contribution < 1.29 is 28.7 Å². The highest BCUT2D eigenvalue weighted by atomic mass is 16.5. The van der Waals surface area contributed by atoms with E-state index in [0.29, 0.717) is 48.8 Å². The molecular weight excluding hydrogens is 502 g/mol. The zero-order valence-corrected chi connectivity index (χ0v) is 21.9. The van der Waals surface area contributed by atoms with E-state index in [2.05, 4.69) is 10.3 Å². The highest BCUT2D eigenvalue weighted by Crippen LogP contribution is 2.32. The number of hydrogen-bond donors (Lipinski definition) is 1. The number of pyridine rings is 1. The number of carbonyl (C=O) groups excluding carboxylic acids is 4. The minimum Gasteiger partial charge on any atom is -0.491 e. The maximum atomic E-state index is 13.5. The summed E-state index contributed by atoms with van der Waals surface area (Å²) < 4.78 is 11.9. The van der Waals surface area contributed by atoms with Gasteiger partial charge in [-0.3, -0.25) is 24.5 Å². The molecule has 0 spiro atoms. The lowest BCUT2D eigenvalue weighted by molar-refractivity contribution is -0.136. The Balaban J connectivity index is 1.12. The fourth-order valence-corrected chi connectivity index (χ4v) is 5.79. The lowest BCUT2D eigenvalue weighted by Crippen LogP contribution is -2.52. The number of likely N-dealkylation sites (tertiary alicyclic amines) is 1. The van der Waals surface area contributed by atoms with Gasteiger partial charge in [0.2, 0.25) is 11.8 Å². The van der Waals surface area contributed by atoms with Gasteiger partial charge in [-0.15, -0.1) is 0 Å². The average Bonchev–Trinajstić information content (AvgIpc) is 3.26. The Kier molecular flexibility index (Phi) is 6.58. The second-order valence-corrected chi connectivity index (χ2v) is 10.5. The third kappa shape index (κ3) is 4.77.